The first-order valence-electron chi connectivity index (χ1n) is 10.8. The van der Waals surface area contributed by atoms with E-state index >= 15 is 0 Å². The van der Waals surface area contributed by atoms with Crippen molar-refractivity contribution in [1.82, 2.24) is 21.3 Å². The fourth-order valence-electron chi connectivity index (χ4n) is 3.21. The number of hydrogen-bond acceptors (Lipinski definition) is 4. The Morgan fingerprint density at radius 2 is 0.375 bits per heavy atom. The maximum Gasteiger partial charge on any atom is -0.00484 e. The summed E-state index contributed by atoms with van der Waals surface area (Å²) in [6.45, 7) is 10.0. The van der Waals surface area contributed by atoms with Gasteiger partial charge in [0, 0.05) is 0 Å². The first-order valence-corrected chi connectivity index (χ1v) is 10.8. The molecule has 0 aromatic heterocycles. The Morgan fingerprint density at radius 1 is 0.208 bits per heavy atom. The number of rotatable bonds is 0. The minimum Gasteiger partial charge on any atom is -0.317 e. The van der Waals surface area contributed by atoms with Crippen LogP contribution < -0.4 is 21.3 Å². The molecule has 24 heavy (non-hydrogen) atoms. The molecule has 4 heteroatoms. The lowest BCUT2D eigenvalue weighted by atomic mass is 10.2. The highest BCUT2D eigenvalue weighted by atomic mass is 14.9. The lowest BCUT2D eigenvalue weighted by Gasteiger charge is -2.08. The van der Waals surface area contributed by atoms with Gasteiger partial charge in [0.25, 0.3) is 0 Å². The average Bonchev–Trinajstić information content (AvgIpc) is 3.14. The molecule has 0 radical (unpaired) electrons. The van der Waals surface area contributed by atoms with Crippen LogP contribution in [0.4, 0.5) is 0 Å². The second-order valence-corrected chi connectivity index (χ2v) is 7.24. The Labute approximate surface area is 151 Å². The van der Waals surface area contributed by atoms with Crippen molar-refractivity contribution in [3.8, 4) is 0 Å². The van der Waals surface area contributed by atoms with Crippen molar-refractivity contribution >= 4 is 0 Å². The van der Waals surface area contributed by atoms with Gasteiger partial charge in [0.1, 0.15) is 0 Å². The summed E-state index contributed by atoms with van der Waals surface area (Å²) < 4.78 is 0. The standard InChI is InChI=1S/C6H13N.2C5H11N.C4H9N/c1-2-4-6-7-5-3-1;2*1-2-4-6-5-3-1;1-2-4-5-3-1/h7H,1-6H2;2*6H,1-5H2;5H,1-4H2. The van der Waals surface area contributed by atoms with E-state index in [9.17, 15) is 0 Å². The number of hydrogen-bond donors (Lipinski definition) is 4. The minimum absolute atomic E-state index is 1.25. The molecule has 4 aliphatic rings. The Kier molecular flexibility index (Phi) is 17.5. The van der Waals surface area contributed by atoms with Crippen LogP contribution in [0.25, 0.3) is 0 Å². The third-order valence-electron chi connectivity index (χ3n) is 4.83. The molecule has 0 aliphatic carbocycles. The second-order valence-electron chi connectivity index (χ2n) is 7.24. The monoisotopic (exact) mass is 340 g/mol. The molecular weight excluding hydrogens is 296 g/mol. The van der Waals surface area contributed by atoms with Gasteiger partial charge in [-0.2, -0.15) is 0 Å². The van der Waals surface area contributed by atoms with Crippen molar-refractivity contribution < 1.29 is 0 Å². The van der Waals surface area contributed by atoms with Gasteiger partial charge in [0.05, 0.1) is 0 Å². The van der Waals surface area contributed by atoms with Crippen molar-refractivity contribution in [2.24, 2.45) is 0 Å². The van der Waals surface area contributed by atoms with Crippen LogP contribution in [0.15, 0.2) is 0 Å². The van der Waals surface area contributed by atoms with Crippen LogP contribution in [0.3, 0.4) is 0 Å². The van der Waals surface area contributed by atoms with Crippen LogP contribution in [-0.4, -0.2) is 52.4 Å². The quantitative estimate of drug-likeness (QED) is 0.547. The SMILES string of the molecule is C1CCCNCC1.C1CCNC1.C1CCNCC1.C1CCNCC1. The third kappa shape index (κ3) is 16.7. The molecule has 0 unspecified atom stereocenters. The van der Waals surface area contributed by atoms with E-state index in [1.807, 2.05) is 0 Å². The molecule has 4 heterocycles. The van der Waals surface area contributed by atoms with E-state index in [1.165, 1.54) is 129 Å². The molecule has 0 bridgehead atoms. The lowest BCUT2D eigenvalue weighted by Crippen LogP contribution is -2.21. The Morgan fingerprint density at radius 3 is 0.583 bits per heavy atom. The van der Waals surface area contributed by atoms with E-state index in [0.717, 1.165) is 0 Å². The van der Waals surface area contributed by atoms with Crippen molar-refractivity contribution in [2.45, 2.75) is 77.0 Å². The van der Waals surface area contributed by atoms with E-state index in [0.29, 0.717) is 0 Å². The van der Waals surface area contributed by atoms with Crippen molar-refractivity contribution in [3.63, 3.8) is 0 Å². The first-order chi connectivity index (χ1) is 12.0. The molecule has 4 rings (SSSR count). The first kappa shape index (κ1) is 21.9. The molecule has 0 atom stereocenters. The average molecular weight is 341 g/mol. The Balaban J connectivity index is 0.000000161. The molecule has 0 aromatic carbocycles. The van der Waals surface area contributed by atoms with Crippen LogP contribution >= 0.6 is 0 Å². The predicted molar refractivity (Wildman–Crippen MR) is 107 cm³/mol. The number of piperidine rings is 2. The molecule has 4 fully saturated rings. The predicted octanol–water partition coefficient (Wildman–Crippen LogP) is 3.04. The summed E-state index contributed by atoms with van der Waals surface area (Å²) in [5.41, 5.74) is 0. The van der Waals surface area contributed by atoms with Gasteiger partial charge in [-0.05, 0) is 104 Å². The summed E-state index contributed by atoms with van der Waals surface area (Å²) in [6, 6.07) is 0. The summed E-state index contributed by atoms with van der Waals surface area (Å²) in [5.74, 6) is 0. The minimum atomic E-state index is 1.25. The van der Waals surface area contributed by atoms with E-state index in [2.05, 4.69) is 21.3 Å². The summed E-state index contributed by atoms with van der Waals surface area (Å²) in [6.07, 6.45) is 16.9. The van der Waals surface area contributed by atoms with Crippen LogP contribution in [0.5, 0.6) is 0 Å². The van der Waals surface area contributed by atoms with Gasteiger partial charge < -0.3 is 21.3 Å². The fraction of sp³-hybridized carbons (Fsp3) is 1.00. The molecule has 0 aromatic rings. The molecular formula is C20H44N4. The molecule has 144 valence electrons. The fourth-order valence-corrected chi connectivity index (χ4v) is 3.21. The van der Waals surface area contributed by atoms with Gasteiger partial charge in [0.2, 0.25) is 0 Å². The van der Waals surface area contributed by atoms with E-state index in [-0.39, 0.29) is 0 Å². The highest BCUT2D eigenvalue weighted by Crippen LogP contribution is 2.00. The third-order valence-corrected chi connectivity index (χ3v) is 4.83. The highest BCUT2D eigenvalue weighted by molar-refractivity contribution is 4.56. The highest BCUT2D eigenvalue weighted by Gasteiger charge is 1.95. The van der Waals surface area contributed by atoms with Gasteiger partial charge in [-0.15, -0.1) is 0 Å². The van der Waals surface area contributed by atoms with E-state index in [1.54, 1.807) is 0 Å². The lowest BCUT2D eigenvalue weighted by molar-refractivity contribution is 0.520. The zero-order valence-corrected chi connectivity index (χ0v) is 16.1. The van der Waals surface area contributed by atoms with Crippen molar-refractivity contribution in [1.29, 1.82) is 0 Å². The van der Waals surface area contributed by atoms with E-state index < -0.39 is 0 Å². The van der Waals surface area contributed by atoms with Gasteiger partial charge in [0.15, 0.2) is 0 Å². The van der Waals surface area contributed by atoms with Crippen molar-refractivity contribution in [3.05, 3.63) is 0 Å². The maximum absolute atomic E-state index is 3.35. The zero-order chi connectivity index (χ0) is 17.0. The number of nitrogens with one attached hydrogen (secondary N) is 4. The maximum atomic E-state index is 3.35. The summed E-state index contributed by atoms with van der Waals surface area (Å²) in [7, 11) is 0. The van der Waals surface area contributed by atoms with Crippen LogP contribution in [0.1, 0.15) is 77.0 Å². The van der Waals surface area contributed by atoms with Crippen LogP contribution in [-0.2, 0) is 0 Å². The molecule has 4 N–H and O–H groups in total. The Bertz CT molecular complexity index is 161. The molecule has 4 nitrogen and oxygen atoms in total. The molecule has 0 saturated carbocycles. The smallest absolute Gasteiger partial charge is 0.00484 e. The molecule has 4 aliphatic heterocycles. The topological polar surface area (TPSA) is 48.1 Å². The van der Waals surface area contributed by atoms with Gasteiger partial charge >= 0.3 is 0 Å². The molecule has 4 saturated heterocycles. The van der Waals surface area contributed by atoms with E-state index in [4.69, 9.17) is 0 Å². The van der Waals surface area contributed by atoms with Gasteiger partial charge in [-0.3, -0.25) is 0 Å². The van der Waals surface area contributed by atoms with Gasteiger partial charge in [-0.1, -0.05) is 25.7 Å². The summed E-state index contributed by atoms with van der Waals surface area (Å²) in [4.78, 5) is 0. The summed E-state index contributed by atoms with van der Waals surface area (Å²) in [5, 5.41) is 13.1. The normalized spacial score (nSPS) is 24.0. The second kappa shape index (κ2) is 19.2. The van der Waals surface area contributed by atoms with Gasteiger partial charge in [-0.25, -0.2) is 0 Å². The largest absolute Gasteiger partial charge is 0.317 e. The summed E-state index contributed by atoms with van der Waals surface area (Å²) >= 11 is 0. The van der Waals surface area contributed by atoms with Crippen molar-refractivity contribution in [2.75, 3.05) is 52.4 Å². The zero-order valence-electron chi connectivity index (χ0n) is 16.1. The van der Waals surface area contributed by atoms with Crippen LogP contribution in [0.2, 0.25) is 0 Å². The molecule has 0 amide bonds. The molecule has 0 spiro atoms. The Hall–Kier alpha value is -0.160. The van der Waals surface area contributed by atoms with Crippen LogP contribution in [0, 0.1) is 0 Å².